The summed E-state index contributed by atoms with van der Waals surface area (Å²) in [5.74, 6) is -1.02. The van der Waals surface area contributed by atoms with Crippen molar-refractivity contribution in [3.63, 3.8) is 0 Å². The van der Waals surface area contributed by atoms with E-state index in [4.69, 9.17) is 4.52 Å². The Balaban J connectivity index is 1.19. The molecule has 0 amide bonds. The molecule has 1 N–H and O–H groups in total. The van der Waals surface area contributed by atoms with E-state index < -0.39 is 11.6 Å². The number of halogens is 2. The van der Waals surface area contributed by atoms with Gasteiger partial charge in [0.05, 0.1) is 11.9 Å². The summed E-state index contributed by atoms with van der Waals surface area (Å²) in [4.78, 5) is 11.4. The largest absolute Gasteiger partial charge is 0.354 e. The highest BCUT2D eigenvalue weighted by Crippen LogP contribution is 2.24. The van der Waals surface area contributed by atoms with E-state index >= 15 is 0 Å². The zero-order chi connectivity index (χ0) is 23.8. The predicted octanol–water partition coefficient (Wildman–Crippen LogP) is 4.14. The SMILES string of the molecule is Fc1cccc(-c2nc3cn[n+](Cc4cc(-c5ccc(Cn6ccnc6)cc5)no4)cc3[nH]2)c1F. The van der Waals surface area contributed by atoms with Crippen LogP contribution in [0.3, 0.4) is 0 Å². The minimum absolute atomic E-state index is 0.0590. The van der Waals surface area contributed by atoms with Crippen LogP contribution in [-0.2, 0) is 13.1 Å². The van der Waals surface area contributed by atoms with Gasteiger partial charge in [-0.3, -0.25) is 0 Å². The summed E-state index contributed by atoms with van der Waals surface area (Å²) in [6.07, 6.45) is 8.75. The lowest BCUT2D eigenvalue weighted by atomic mass is 10.1. The van der Waals surface area contributed by atoms with Crippen LogP contribution < -0.4 is 4.68 Å². The summed E-state index contributed by atoms with van der Waals surface area (Å²) in [6, 6.07) is 13.9. The van der Waals surface area contributed by atoms with Gasteiger partial charge in [-0.15, -0.1) is 0 Å². The van der Waals surface area contributed by atoms with Crippen LogP contribution in [0.5, 0.6) is 0 Å². The molecule has 0 aliphatic rings. The molecule has 6 aromatic rings. The maximum absolute atomic E-state index is 14.2. The van der Waals surface area contributed by atoms with E-state index in [1.165, 1.54) is 12.1 Å². The van der Waals surface area contributed by atoms with E-state index in [1.807, 2.05) is 41.1 Å². The van der Waals surface area contributed by atoms with Crippen molar-refractivity contribution in [3.8, 4) is 22.6 Å². The number of benzene rings is 2. The van der Waals surface area contributed by atoms with Crippen LogP contribution >= 0.6 is 0 Å². The van der Waals surface area contributed by atoms with Crippen LogP contribution in [-0.4, -0.2) is 29.8 Å². The van der Waals surface area contributed by atoms with Crippen molar-refractivity contribution < 1.29 is 18.0 Å². The molecule has 0 spiro atoms. The van der Waals surface area contributed by atoms with Crippen molar-refractivity contribution in [2.24, 2.45) is 0 Å². The van der Waals surface area contributed by atoms with Crippen molar-refractivity contribution >= 4 is 11.0 Å². The number of rotatable bonds is 6. The molecule has 0 bridgehead atoms. The Bertz CT molecular complexity index is 1620. The lowest BCUT2D eigenvalue weighted by Gasteiger charge is -2.03. The molecule has 172 valence electrons. The first-order valence-corrected chi connectivity index (χ1v) is 10.8. The first kappa shape index (κ1) is 20.8. The van der Waals surface area contributed by atoms with Gasteiger partial charge in [0.2, 0.25) is 18.5 Å². The fraction of sp³-hybridized carbons (Fsp3) is 0.0800. The Morgan fingerprint density at radius 1 is 1.09 bits per heavy atom. The second-order valence-electron chi connectivity index (χ2n) is 8.07. The van der Waals surface area contributed by atoms with Crippen molar-refractivity contribution in [2.75, 3.05) is 0 Å². The van der Waals surface area contributed by atoms with E-state index in [2.05, 4.69) is 25.2 Å². The van der Waals surface area contributed by atoms with E-state index in [1.54, 1.807) is 29.6 Å². The van der Waals surface area contributed by atoms with Gasteiger partial charge in [0.1, 0.15) is 28.7 Å². The molecule has 0 saturated carbocycles. The van der Waals surface area contributed by atoms with Gasteiger partial charge >= 0.3 is 0 Å². The molecule has 0 unspecified atom stereocenters. The molecule has 10 heteroatoms. The summed E-state index contributed by atoms with van der Waals surface area (Å²) in [5.41, 5.74) is 4.05. The molecule has 6 rings (SSSR count). The quantitative estimate of drug-likeness (QED) is 0.370. The maximum Gasteiger partial charge on any atom is 0.234 e. The first-order chi connectivity index (χ1) is 17.1. The molecular weight excluding hydrogens is 452 g/mol. The summed E-state index contributed by atoms with van der Waals surface area (Å²) in [6.45, 7) is 1.08. The number of nitrogens with one attached hydrogen (secondary N) is 1. The number of hydrogen-bond acceptors (Lipinski definition) is 5. The third-order valence-corrected chi connectivity index (χ3v) is 5.63. The number of imidazole rings is 2. The molecule has 0 atom stereocenters. The topological polar surface area (TPSA) is 89.3 Å². The highest BCUT2D eigenvalue weighted by atomic mass is 19.2. The Hall–Kier alpha value is -4.73. The monoisotopic (exact) mass is 470 g/mol. The fourth-order valence-corrected chi connectivity index (χ4v) is 3.86. The second kappa shape index (κ2) is 8.56. The van der Waals surface area contributed by atoms with Gasteiger partial charge in [0, 0.05) is 30.6 Å². The molecule has 8 nitrogen and oxygen atoms in total. The van der Waals surface area contributed by atoms with E-state index in [0.717, 1.165) is 29.4 Å². The van der Waals surface area contributed by atoms with Crippen molar-refractivity contribution in [1.82, 2.24) is 29.8 Å². The number of hydrogen-bond donors (Lipinski definition) is 1. The highest BCUT2D eigenvalue weighted by Gasteiger charge is 2.17. The van der Waals surface area contributed by atoms with Gasteiger partial charge < -0.3 is 14.1 Å². The lowest BCUT2D eigenvalue weighted by Crippen LogP contribution is -2.37. The summed E-state index contributed by atoms with van der Waals surface area (Å²) >= 11 is 0. The third-order valence-electron chi connectivity index (χ3n) is 5.63. The van der Waals surface area contributed by atoms with Gasteiger partial charge in [-0.05, 0) is 22.8 Å². The molecule has 0 aliphatic heterocycles. The lowest BCUT2D eigenvalue weighted by molar-refractivity contribution is -0.746. The molecule has 0 radical (unpaired) electrons. The predicted molar refractivity (Wildman–Crippen MR) is 122 cm³/mol. The number of aromatic nitrogens is 7. The van der Waals surface area contributed by atoms with E-state index in [9.17, 15) is 8.78 Å². The van der Waals surface area contributed by atoms with Crippen LogP contribution in [0, 0.1) is 11.6 Å². The van der Waals surface area contributed by atoms with Gasteiger partial charge in [0.15, 0.2) is 11.6 Å². The third kappa shape index (κ3) is 4.17. The molecule has 35 heavy (non-hydrogen) atoms. The van der Waals surface area contributed by atoms with Gasteiger partial charge in [0.25, 0.3) is 0 Å². The van der Waals surface area contributed by atoms with Crippen molar-refractivity contribution in [3.05, 3.63) is 103 Å². The van der Waals surface area contributed by atoms with Crippen LogP contribution in [0.1, 0.15) is 11.3 Å². The summed E-state index contributed by atoms with van der Waals surface area (Å²) < 4.78 is 36.9. The van der Waals surface area contributed by atoms with Gasteiger partial charge in [-0.25, -0.2) is 18.7 Å². The molecule has 0 saturated heterocycles. The fourth-order valence-electron chi connectivity index (χ4n) is 3.86. The average Bonchev–Trinajstić information content (AvgIpc) is 3.63. The number of H-pyrrole nitrogens is 1. The average molecular weight is 470 g/mol. The molecule has 0 fully saturated rings. The summed E-state index contributed by atoms with van der Waals surface area (Å²) in [5, 5.41) is 8.53. The maximum atomic E-state index is 14.2. The Morgan fingerprint density at radius 2 is 1.97 bits per heavy atom. The van der Waals surface area contributed by atoms with E-state index in [-0.39, 0.29) is 11.4 Å². The minimum atomic E-state index is -0.948. The van der Waals surface area contributed by atoms with Crippen molar-refractivity contribution in [1.29, 1.82) is 0 Å². The van der Waals surface area contributed by atoms with Crippen LogP contribution in [0.15, 0.2) is 84.2 Å². The van der Waals surface area contributed by atoms with Crippen molar-refractivity contribution in [2.45, 2.75) is 13.1 Å². The first-order valence-electron chi connectivity index (χ1n) is 10.8. The van der Waals surface area contributed by atoms with Gasteiger partial charge in [-0.1, -0.05) is 40.2 Å². The van der Waals surface area contributed by atoms with Crippen LogP contribution in [0.25, 0.3) is 33.7 Å². The minimum Gasteiger partial charge on any atom is -0.354 e. The molecule has 0 aliphatic carbocycles. The molecule has 4 heterocycles. The Labute approximate surface area is 197 Å². The standard InChI is InChI=1S/C25H17F2N7O/c26-20-3-1-2-19(24(20)27)25-30-22-11-29-34(14-23(22)31-25)13-18-10-21(32-35-18)17-6-4-16(5-7-17)12-33-9-8-28-15-33/h1-11,14-15H,12-13H2/p+1. The molecular formula is C25H18F2N7O+. The van der Waals surface area contributed by atoms with Crippen LogP contribution in [0.2, 0.25) is 0 Å². The zero-order valence-electron chi connectivity index (χ0n) is 18.3. The van der Waals surface area contributed by atoms with Crippen LogP contribution in [0.4, 0.5) is 8.78 Å². The summed E-state index contributed by atoms with van der Waals surface area (Å²) in [7, 11) is 0. The number of nitrogens with zero attached hydrogens (tertiary/aromatic N) is 6. The zero-order valence-corrected chi connectivity index (χ0v) is 18.3. The second-order valence-corrected chi connectivity index (χ2v) is 8.07. The van der Waals surface area contributed by atoms with Gasteiger partial charge in [-0.2, -0.15) is 0 Å². The number of aromatic amines is 1. The molecule has 4 aromatic heterocycles. The highest BCUT2D eigenvalue weighted by molar-refractivity contribution is 5.77. The Morgan fingerprint density at radius 3 is 2.80 bits per heavy atom. The molecule has 2 aromatic carbocycles. The number of fused-ring (bicyclic) bond motifs is 1. The Kier molecular flexibility index (Phi) is 5.10. The smallest absolute Gasteiger partial charge is 0.234 e. The normalized spacial score (nSPS) is 11.4. The van der Waals surface area contributed by atoms with E-state index in [0.29, 0.717) is 23.3 Å².